The number of nitrogens with zero attached hydrogens (tertiary/aromatic N) is 1. The Morgan fingerprint density at radius 1 is 1.23 bits per heavy atom. The minimum atomic E-state index is -4.57. The van der Waals surface area contributed by atoms with E-state index >= 15 is 0 Å². The first-order valence-corrected chi connectivity index (χ1v) is 8.45. The van der Waals surface area contributed by atoms with Gasteiger partial charge >= 0.3 is 6.18 Å². The second-order valence-electron chi connectivity index (χ2n) is 5.61. The first kappa shape index (κ1) is 17.2. The van der Waals surface area contributed by atoms with Crippen LogP contribution in [-0.2, 0) is 10.2 Å². The number of rotatable bonds is 4. The highest BCUT2D eigenvalue weighted by molar-refractivity contribution is 7.87. The van der Waals surface area contributed by atoms with Crippen LogP contribution in [0.4, 0.5) is 13.2 Å². The van der Waals surface area contributed by atoms with E-state index in [-0.39, 0.29) is 12.0 Å². The van der Waals surface area contributed by atoms with E-state index in [1.165, 1.54) is 0 Å². The Morgan fingerprint density at radius 2 is 1.82 bits per heavy atom. The van der Waals surface area contributed by atoms with Crippen molar-refractivity contribution in [1.82, 2.24) is 9.03 Å². The fraction of sp³-hybridized carbons (Fsp3) is 0.571. The van der Waals surface area contributed by atoms with E-state index < -0.39 is 29.0 Å². The van der Waals surface area contributed by atoms with Gasteiger partial charge in [0.15, 0.2) is 0 Å². The zero-order valence-corrected chi connectivity index (χ0v) is 13.2. The molecule has 8 heteroatoms. The molecule has 1 fully saturated rings. The quantitative estimate of drug-likeness (QED) is 0.919. The molecular weight excluding hydrogens is 317 g/mol. The zero-order valence-electron chi connectivity index (χ0n) is 12.3. The largest absolute Gasteiger partial charge is 0.402 e. The van der Waals surface area contributed by atoms with Crippen molar-refractivity contribution in [3.63, 3.8) is 0 Å². The molecule has 0 radical (unpaired) electrons. The van der Waals surface area contributed by atoms with Crippen LogP contribution in [0.3, 0.4) is 0 Å². The van der Waals surface area contributed by atoms with Crippen LogP contribution in [0.2, 0.25) is 0 Å². The fourth-order valence-electron chi connectivity index (χ4n) is 3.07. The average Bonchev–Trinajstić information content (AvgIpc) is 2.73. The van der Waals surface area contributed by atoms with Gasteiger partial charge in [-0.2, -0.15) is 30.6 Å². The molecule has 1 heterocycles. The monoisotopic (exact) mass is 336 g/mol. The molecule has 1 aromatic carbocycles. The van der Waals surface area contributed by atoms with E-state index in [4.69, 9.17) is 0 Å². The Hall–Kier alpha value is -1.12. The molecule has 22 heavy (non-hydrogen) atoms. The number of hydrogen-bond acceptors (Lipinski definition) is 2. The second kappa shape index (κ2) is 6.17. The van der Waals surface area contributed by atoms with Crippen molar-refractivity contribution in [2.24, 2.45) is 0 Å². The lowest BCUT2D eigenvalue weighted by Crippen LogP contribution is -2.48. The highest BCUT2D eigenvalue weighted by atomic mass is 32.2. The molecule has 1 aliphatic heterocycles. The SMILES string of the molecule is C[C@@H]1C[C@@H](c2ccccc2)[C@@H](C)N1S(=O)(=O)NCC(F)(F)F. The minimum absolute atomic E-state index is 0.0290. The summed E-state index contributed by atoms with van der Waals surface area (Å²) in [6, 6.07) is 8.66. The third-order valence-electron chi connectivity index (χ3n) is 3.97. The number of nitrogens with one attached hydrogen (secondary N) is 1. The zero-order chi connectivity index (χ0) is 16.5. The Labute approximate surface area is 128 Å². The van der Waals surface area contributed by atoms with Crippen molar-refractivity contribution in [1.29, 1.82) is 0 Å². The van der Waals surface area contributed by atoms with Gasteiger partial charge in [-0.3, -0.25) is 0 Å². The molecular formula is C14H19F3N2O2S. The van der Waals surface area contributed by atoms with Gasteiger partial charge in [0.2, 0.25) is 0 Å². The summed E-state index contributed by atoms with van der Waals surface area (Å²) in [6.07, 6.45) is -3.99. The minimum Gasteiger partial charge on any atom is -0.195 e. The van der Waals surface area contributed by atoms with Crippen LogP contribution in [-0.4, -0.2) is 37.5 Å². The molecule has 1 N–H and O–H groups in total. The van der Waals surface area contributed by atoms with E-state index in [9.17, 15) is 21.6 Å². The molecule has 0 aliphatic carbocycles. The molecule has 124 valence electrons. The van der Waals surface area contributed by atoms with Gasteiger partial charge < -0.3 is 0 Å². The van der Waals surface area contributed by atoms with Crippen molar-refractivity contribution in [3.05, 3.63) is 35.9 Å². The molecule has 1 aromatic rings. The van der Waals surface area contributed by atoms with Crippen LogP contribution in [0.15, 0.2) is 30.3 Å². The molecule has 0 amide bonds. The second-order valence-corrected chi connectivity index (χ2v) is 7.27. The third kappa shape index (κ3) is 3.80. The standard InChI is InChI=1S/C14H19F3N2O2S/c1-10-8-13(12-6-4-3-5-7-12)11(2)19(10)22(20,21)18-9-14(15,16)17/h3-7,10-11,13,18H,8-9H2,1-2H3/t10-,11-,13-/m1/s1. The normalized spacial score (nSPS) is 27.2. The van der Waals surface area contributed by atoms with Crippen molar-refractivity contribution in [2.75, 3.05) is 6.54 Å². The number of benzene rings is 1. The van der Waals surface area contributed by atoms with Gasteiger partial charge in [0.05, 0.1) is 0 Å². The molecule has 0 spiro atoms. The van der Waals surface area contributed by atoms with Gasteiger partial charge in [0, 0.05) is 18.0 Å². The fourth-order valence-corrected chi connectivity index (χ4v) is 4.70. The average molecular weight is 336 g/mol. The van der Waals surface area contributed by atoms with E-state index in [2.05, 4.69) is 0 Å². The maximum atomic E-state index is 12.3. The van der Waals surface area contributed by atoms with Crippen molar-refractivity contribution >= 4 is 10.2 Å². The smallest absolute Gasteiger partial charge is 0.195 e. The predicted molar refractivity (Wildman–Crippen MR) is 77.5 cm³/mol. The van der Waals surface area contributed by atoms with Gasteiger partial charge in [-0.15, -0.1) is 0 Å². The topological polar surface area (TPSA) is 49.4 Å². The predicted octanol–water partition coefficient (Wildman–Crippen LogP) is 2.65. The molecule has 4 nitrogen and oxygen atoms in total. The van der Waals surface area contributed by atoms with E-state index in [0.717, 1.165) is 9.87 Å². The maximum absolute atomic E-state index is 12.3. The van der Waals surface area contributed by atoms with Crippen LogP contribution in [0.1, 0.15) is 31.7 Å². The van der Waals surface area contributed by atoms with Gasteiger partial charge in [-0.05, 0) is 25.8 Å². The van der Waals surface area contributed by atoms with Crippen molar-refractivity contribution in [2.45, 2.75) is 44.4 Å². The van der Waals surface area contributed by atoms with Crippen molar-refractivity contribution < 1.29 is 21.6 Å². The first-order valence-electron chi connectivity index (χ1n) is 7.01. The Balaban J connectivity index is 2.18. The summed E-state index contributed by atoms with van der Waals surface area (Å²) in [5.74, 6) is -0.0290. The highest BCUT2D eigenvalue weighted by Gasteiger charge is 2.44. The number of hydrogen-bond donors (Lipinski definition) is 1. The van der Waals surface area contributed by atoms with Gasteiger partial charge in [0.1, 0.15) is 6.54 Å². The molecule has 0 bridgehead atoms. The molecule has 3 atom stereocenters. The summed E-state index contributed by atoms with van der Waals surface area (Å²) in [6.45, 7) is 1.89. The summed E-state index contributed by atoms with van der Waals surface area (Å²) < 4.78 is 64.0. The lowest BCUT2D eigenvalue weighted by molar-refractivity contribution is -0.121. The summed E-state index contributed by atoms with van der Waals surface area (Å²) >= 11 is 0. The number of halogens is 3. The Bertz CT molecular complexity index is 604. The maximum Gasteiger partial charge on any atom is 0.402 e. The lowest BCUT2D eigenvalue weighted by Gasteiger charge is -2.27. The van der Waals surface area contributed by atoms with Crippen LogP contribution >= 0.6 is 0 Å². The lowest BCUT2D eigenvalue weighted by atomic mass is 9.92. The molecule has 1 aliphatic rings. The molecule has 1 saturated heterocycles. The third-order valence-corrected chi connectivity index (χ3v) is 5.73. The van der Waals surface area contributed by atoms with E-state index in [1.807, 2.05) is 30.3 Å². The Kier molecular flexibility index (Phi) is 4.84. The summed E-state index contributed by atoms with van der Waals surface area (Å²) in [5, 5.41) is 0. The highest BCUT2D eigenvalue weighted by Crippen LogP contribution is 2.38. The summed E-state index contributed by atoms with van der Waals surface area (Å²) in [7, 11) is -4.17. The number of alkyl halides is 3. The van der Waals surface area contributed by atoms with E-state index in [1.54, 1.807) is 18.6 Å². The van der Waals surface area contributed by atoms with Crippen molar-refractivity contribution in [3.8, 4) is 0 Å². The van der Waals surface area contributed by atoms with Crippen LogP contribution < -0.4 is 4.72 Å². The molecule has 0 saturated carbocycles. The van der Waals surface area contributed by atoms with Gasteiger partial charge in [0.25, 0.3) is 10.2 Å². The molecule has 2 rings (SSSR count). The Morgan fingerprint density at radius 3 is 2.36 bits per heavy atom. The van der Waals surface area contributed by atoms with Crippen LogP contribution in [0.5, 0.6) is 0 Å². The summed E-state index contributed by atoms with van der Waals surface area (Å²) in [5.41, 5.74) is 0.996. The molecule has 0 unspecified atom stereocenters. The van der Waals surface area contributed by atoms with Gasteiger partial charge in [-0.25, -0.2) is 0 Å². The van der Waals surface area contributed by atoms with E-state index in [0.29, 0.717) is 6.42 Å². The van der Waals surface area contributed by atoms with Crippen LogP contribution in [0, 0.1) is 0 Å². The molecule has 0 aromatic heterocycles. The summed E-state index contributed by atoms with van der Waals surface area (Å²) in [4.78, 5) is 0. The van der Waals surface area contributed by atoms with Crippen LogP contribution in [0.25, 0.3) is 0 Å². The first-order chi connectivity index (χ1) is 10.1. The van der Waals surface area contributed by atoms with Gasteiger partial charge in [-0.1, -0.05) is 30.3 Å².